The molecule has 1 aliphatic heterocycles. The summed E-state index contributed by atoms with van der Waals surface area (Å²) in [6, 6.07) is 13.9. The number of nitro benzene ring substituents is 1. The van der Waals surface area contributed by atoms with E-state index in [1.54, 1.807) is 42.6 Å². The maximum absolute atomic E-state index is 12.7. The zero-order valence-electron chi connectivity index (χ0n) is 15.0. The number of aromatic nitrogens is 1. The van der Waals surface area contributed by atoms with E-state index in [1.165, 1.54) is 22.8 Å². The lowest BCUT2D eigenvalue weighted by Crippen LogP contribution is -2.29. The van der Waals surface area contributed by atoms with Gasteiger partial charge in [-0.3, -0.25) is 19.7 Å². The molecule has 9 heteroatoms. The van der Waals surface area contributed by atoms with Crippen LogP contribution in [-0.4, -0.2) is 22.2 Å². The lowest BCUT2D eigenvalue weighted by atomic mass is 10.2. The molecule has 0 fully saturated rings. The lowest BCUT2D eigenvalue weighted by Gasteiger charge is -2.09. The van der Waals surface area contributed by atoms with Crippen LogP contribution in [0.2, 0.25) is 0 Å². The van der Waals surface area contributed by atoms with Gasteiger partial charge in [0.1, 0.15) is 5.56 Å². The van der Waals surface area contributed by atoms with Crippen LogP contribution in [-0.2, 0) is 6.54 Å². The molecule has 146 valence electrons. The number of anilines is 1. The zero-order valence-corrected chi connectivity index (χ0v) is 15.0. The molecule has 3 aromatic rings. The SMILES string of the molecule is O=C(Nc1ccc2c(c1)OCO2)c1cccn(Cc2ccc([N+](=O)[O-])cc2)c1=O. The van der Waals surface area contributed by atoms with Gasteiger partial charge in [-0.25, -0.2) is 0 Å². The standard InChI is InChI=1S/C20H15N3O6/c24-19(21-14-5-8-17-18(10-14)29-12-28-17)16-2-1-9-22(20(16)25)11-13-3-6-15(7-4-13)23(26)27/h1-10H,11-12H2,(H,21,24). The number of carbonyl (C=O) groups excluding carboxylic acids is 1. The third-order valence-corrected chi connectivity index (χ3v) is 4.40. The van der Waals surface area contributed by atoms with Gasteiger partial charge in [0, 0.05) is 30.1 Å². The van der Waals surface area contributed by atoms with Gasteiger partial charge in [0.2, 0.25) is 6.79 Å². The zero-order chi connectivity index (χ0) is 20.4. The van der Waals surface area contributed by atoms with Gasteiger partial charge in [-0.2, -0.15) is 0 Å². The summed E-state index contributed by atoms with van der Waals surface area (Å²) in [5.41, 5.74) is 0.657. The number of carbonyl (C=O) groups is 1. The Labute approximate surface area is 164 Å². The average Bonchev–Trinajstić information content (AvgIpc) is 3.18. The van der Waals surface area contributed by atoms with Gasteiger partial charge in [-0.15, -0.1) is 0 Å². The molecule has 0 bridgehead atoms. The largest absolute Gasteiger partial charge is 0.454 e. The van der Waals surface area contributed by atoms with E-state index in [9.17, 15) is 19.7 Å². The van der Waals surface area contributed by atoms with Gasteiger partial charge in [0.05, 0.1) is 11.5 Å². The summed E-state index contributed by atoms with van der Waals surface area (Å²) in [5, 5.41) is 13.4. The Hall–Kier alpha value is -4.14. The molecule has 0 saturated carbocycles. The van der Waals surface area contributed by atoms with Crippen LogP contribution in [0.4, 0.5) is 11.4 Å². The summed E-state index contributed by atoms with van der Waals surface area (Å²) < 4.78 is 11.9. The Kier molecular flexibility index (Phi) is 4.70. The molecular weight excluding hydrogens is 378 g/mol. The fourth-order valence-electron chi connectivity index (χ4n) is 2.93. The monoisotopic (exact) mass is 393 g/mol. The van der Waals surface area contributed by atoms with Crippen LogP contribution in [0.5, 0.6) is 11.5 Å². The predicted molar refractivity (Wildman–Crippen MR) is 103 cm³/mol. The van der Waals surface area contributed by atoms with E-state index in [0.717, 1.165) is 0 Å². The van der Waals surface area contributed by atoms with Crippen LogP contribution < -0.4 is 20.3 Å². The minimum absolute atomic E-state index is 0.0212. The Morgan fingerprint density at radius 3 is 2.62 bits per heavy atom. The number of fused-ring (bicyclic) bond motifs is 1. The number of hydrogen-bond donors (Lipinski definition) is 1. The van der Waals surface area contributed by atoms with Crippen molar-refractivity contribution in [3.8, 4) is 11.5 Å². The van der Waals surface area contributed by atoms with Crippen molar-refractivity contribution in [1.29, 1.82) is 0 Å². The van der Waals surface area contributed by atoms with Crippen molar-refractivity contribution in [2.45, 2.75) is 6.54 Å². The highest BCUT2D eigenvalue weighted by molar-refractivity contribution is 6.04. The van der Waals surface area contributed by atoms with Crippen LogP contribution in [0, 0.1) is 10.1 Å². The molecule has 0 aliphatic carbocycles. The maximum atomic E-state index is 12.7. The van der Waals surface area contributed by atoms with Crippen molar-refractivity contribution >= 4 is 17.3 Å². The second-order valence-electron chi connectivity index (χ2n) is 6.30. The van der Waals surface area contributed by atoms with Gasteiger partial charge in [-0.05, 0) is 29.8 Å². The smallest absolute Gasteiger partial charge is 0.269 e. The predicted octanol–water partition coefficient (Wildman–Crippen LogP) is 2.79. The Balaban J connectivity index is 1.53. The van der Waals surface area contributed by atoms with Crippen LogP contribution in [0.1, 0.15) is 15.9 Å². The van der Waals surface area contributed by atoms with Gasteiger partial charge >= 0.3 is 0 Å². The second-order valence-corrected chi connectivity index (χ2v) is 6.30. The number of ether oxygens (including phenoxy) is 2. The molecule has 1 aromatic heterocycles. The van der Waals surface area contributed by atoms with Gasteiger partial charge in [-0.1, -0.05) is 12.1 Å². The summed E-state index contributed by atoms with van der Waals surface area (Å²) in [4.78, 5) is 35.6. The molecule has 1 N–H and O–H groups in total. The Morgan fingerprint density at radius 2 is 1.86 bits per heavy atom. The van der Waals surface area contributed by atoms with E-state index in [0.29, 0.717) is 22.7 Å². The molecule has 2 heterocycles. The molecule has 0 spiro atoms. The number of benzene rings is 2. The third kappa shape index (κ3) is 3.79. The molecule has 4 rings (SSSR count). The number of non-ortho nitro benzene ring substituents is 1. The fourth-order valence-corrected chi connectivity index (χ4v) is 2.93. The average molecular weight is 393 g/mol. The number of nitrogens with zero attached hydrogens (tertiary/aromatic N) is 2. The number of hydrogen-bond acceptors (Lipinski definition) is 6. The molecule has 1 aliphatic rings. The highest BCUT2D eigenvalue weighted by Gasteiger charge is 2.17. The van der Waals surface area contributed by atoms with E-state index in [1.807, 2.05) is 0 Å². The molecule has 9 nitrogen and oxygen atoms in total. The van der Waals surface area contributed by atoms with Crippen molar-refractivity contribution in [3.05, 3.63) is 92.4 Å². The number of rotatable bonds is 5. The van der Waals surface area contributed by atoms with Crippen molar-refractivity contribution < 1.29 is 19.2 Å². The highest BCUT2D eigenvalue weighted by Crippen LogP contribution is 2.34. The third-order valence-electron chi connectivity index (χ3n) is 4.40. The van der Waals surface area contributed by atoms with E-state index >= 15 is 0 Å². The van der Waals surface area contributed by atoms with E-state index < -0.39 is 16.4 Å². The summed E-state index contributed by atoms with van der Waals surface area (Å²) in [5.74, 6) is 0.562. The van der Waals surface area contributed by atoms with Crippen LogP contribution in [0.25, 0.3) is 0 Å². The highest BCUT2D eigenvalue weighted by atomic mass is 16.7. The number of nitro groups is 1. The molecule has 0 radical (unpaired) electrons. The number of nitrogens with one attached hydrogen (secondary N) is 1. The van der Waals surface area contributed by atoms with E-state index in [2.05, 4.69) is 5.32 Å². The van der Waals surface area contributed by atoms with Gasteiger partial charge < -0.3 is 19.4 Å². The Morgan fingerprint density at radius 1 is 1.10 bits per heavy atom. The quantitative estimate of drug-likeness (QED) is 0.527. The maximum Gasteiger partial charge on any atom is 0.269 e. The first kappa shape index (κ1) is 18.2. The van der Waals surface area contributed by atoms with E-state index in [-0.39, 0.29) is 24.6 Å². The molecular formula is C20H15N3O6. The lowest BCUT2D eigenvalue weighted by molar-refractivity contribution is -0.384. The minimum Gasteiger partial charge on any atom is -0.454 e. The fraction of sp³-hybridized carbons (Fsp3) is 0.100. The van der Waals surface area contributed by atoms with Crippen LogP contribution in [0.3, 0.4) is 0 Å². The first-order valence-corrected chi connectivity index (χ1v) is 8.65. The van der Waals surface area contributed by atoms with Crippen molar-refractivity contribution in [2.24, 2.45) is 0 Å². The summed E-state index contributed by atoms with van der Waals surface area (Å²) >= 11 is 0. The molecule has 29 heavy (non-hydrogen) atoms. The first-order valence-electron chi connectivity index (χ1n) is 8.65. The molecule has 0 atom stereocenters. The van der Waals surface area contributed by atoms with Crippen LogP contribution >= 0.6 is 0 Å². The van der Waals surface area contributed by atoms with Crippen molar-refractivity contribution in [2.75, 3.05) is 12.1 Å². The van der Waals surface area contributed by atoms with Gasteiger partial charge in [0.15, 0.2) is 11.5 Å². The first-order chi connectivity index (χ1) is 14.0. The topological polar surface area (TPSA) is 113 Å². The summed E-state index contributed by atoms with van der Waals surface area (Å²) in [6.45, 7) is 0.306. The van der Waals surface area contributed by atoms with E-state index in [4.69, 9.17) is 9.47 Å². The number of pyridine rings is 1. The van der Waals surface area contributed by atoms with Crippen LogP contribution in [0.15, 0.2) is 65.6 Å². The second kappa shape index (κ2) is 7.47. The Bertz CT molecular complexity index is 1150. The van der Waals surface area contributed by atoms with Crippen molar-refractivity contribution in [1.82, 2.24) is 4.57 Å². The molecule has 0 unspecified atom stereocenters. The summed E-state index contributed by atoms with van der Waals surface area (Å²) in [7, 11) is 0. The summed E-state index contributed by atoms with van der Waals surface area (Å²) in [6.07, 6.45) is 1.56. The number of amides is 1. The minimum atomic E-state index is -0.549. The normalized spacial score (nSPS) is 11.9. The molecule has 0 saturated heterocycles. The van der Waals surface area contributed by atoms with Gasteiger partial charge in [0.25, 0.3) is 17.2 Å². The molecule has 2 aromatic carbocycles. The van der Waals surface area contributed by atoms with Crippen molar-refractivity contribution in [3.63, 3.8) is 0 Å². The molecule has 1 amide bonds.